The van der Waals surface area contributed by atoms with Gasteiger partial charge in [-0.3, -0.25) is 0 Å². The number of nitrogens with zero attached hydrogens (tertiary/aromatic N) is 1. The molecule has 1 aromatic rings. The molecule has 138 valence electrons. The van der Waals surface area contributed by atoms with Crippen molar-refractivity contribution in [1.29, 1.82) is 0 Å². The lowest BCUT2D eigenvalue weighted by Gasteiger charge is -2.26. The van der Waals surface area contributed by atoms with Crippen molar-refractivity contribution in [1.82, 2.24) is 9.62 Å². The van der Waals surface area contributed by atoms with E-state index in [1.54, 1.807) is 49.3 Å². The normalized spacial score (nSPS) is 26.6. The number of amides is 1. The number of nitrogens with one attached hydrogen (secondary N) is 1. The van der Waals surface area contributed by atoms with Crippen molar-refractivity contribution in [3.8, 4) is 0 Å². The number of sulfonamides is 1. The minimum Gasteiger partial charge on any atom is -0.444 e. The molecule has 1 saturated heterocycles. The van der Waals surface area contributed by atoms with Gasteiger partial charge in [0, 0.05) is 11.0 Å². The van der Waals surface area contributed by atoms with Crippen molar-refractivity contribution < 1.29 is 17.9 Å². The lowest BCUT2D eigenvalue weighted by atomic mass is 10.2. The number of rotatable bonds is 3. The Kier molecular flexibility index (Phi) is 4.66. The first-order valence-corrected chi connectivity index (χ1v) is 10.6. The molecule has 1 aliphatic heterocycles. The third kappa shape index (κ3) is 3.57. The molecule has 2 fully saturated rings. The van der Waals surface area contributed by atoms with Crippen LogP contribution in [0.1, 0.15) is 40.0 Å². The van der Waals surface area contributed by atoms with E-state index in [1.807, 2.05) is 0 Å². The molecule has 1 aromatic carbocycles. The molecule has 0 bridgehead atoms. The number of halogens is 1. The summed E-state index contributed by atoms with van der Waals surface area (Å²) in [6.07, 6.45) is 1.66. The van der Waals surface area contributed by atoms with Gasteiger partial charge in [-0.25, -0.2) is 13.2 Å². The van der Waals surface area contributed by atoms with Crippen molar-refractivity contribution in [3.63, 3.8) is 0 Å². The van der Waals surface area contributed by atoms with E-state index >= 15 is 0 Å². The highest BCUT2D eigenvalue weighted by Crippen LogP contribution is 2.52. The van der Waals surface area contributed by atoms with Crippen molar-refractivity contribution in [3.05, 3.63) is 28.7 Å². The first-order valence-electron chi connectivity index (χ1n) is 8.33. The lowest BCUT2D eigenvalue weighted by Crippen LogP contribution is -2.44. The van der Waals surface area contributed by atoms with Gasteiger partial charge in [0.2, 0.25) is 10.0 Å². The van der Waals surface area contributed by atoms with Crippen LogP contribution < -0.4 is 5.32 Å². The number of carbonyl (C=O) groups excluding carboxylic acids is 1. The fourth-order valence-corrected chi connectivity index (χ4v) is 6.33. The van der Waals surface area contributed by atoms with Crippen molar-refractivity contribution in [2.45, 2.75) is 62.1 Å². The van der Waals surface area contributed by atoms with Crippen molar-refractivity contribution in [2.24, 2.45) is 0 Å². The Morgan fingerprint density at radius 3 is 2.68 bits per heavy atom. The Labute approximate surface area is 157 Å². The van der Waals surface area contributed by atoms with Crippen LogP contribution in [0.4, 0.5) is 4.79 Å². The molecule has 2 aliphatic rings. The zero-order valence-corrected chi connectivity index (χ0v) is 17.0. The summed E-state index contributed by atoms with van der Waals surface area (Å²) in [5.41, 5.74) is -1.10. The number of benzene rings is 1. The molecule has 6 nitrogen and oxygen atoms in total. The molecule has 1 heterocycles. The Balaban J connectivity index is 1.78. The standard InChI is InChI=1S/C17H23BrN2O4S/c1-16(2,3)24-15(21)19-14-11-17(14)9-6-10-20(17)25(22,23)13-8-5-4-7-12(13)18/h4-5,7-8,14H,6,9-11H2,1-3H3,(H,19,21). The molecular formula is C17H23BrN2O4S. The van der Waals surface area contributed by atoms with Crippen LogP contribution in [-0.2, 0) is 14.8 Å². The van der Waals surface area contributed by atoms with Gasteiger partial charge >= 0.3 is 6.09 Å². The van der Waals surface area contributed by atoms with E-state index < -0.39 is 27.3 Å². The minimum absolute atomic E-state index is 0.206. The molecule has 3 rings (SSSR count). The summed E-state index contributed by atoms with van der Waals surface area (Å²) in [5, 5.41) is 2.83. The highest BCUT2D eigenvalue weighted by atomic mass is 79.9. The van der Waals surface area contributed by atoms with Crippen LogP contribution >= 0.6 is 15.9 Å². The van der Waals surface area contributed by atoms with E-state index in [1.165, 1.54) is 0 Å². The quantitative estimate of drug-likeness (QED) is 0.797. The maximum Gasteiger partial charge on any atom is 0.407 e. The van der Waals surface area contributed by atoms with Crippen LogP contribution in [0.15, 0.2) is 33.6 Å². The Morgan fingerprint density at radius 1 is 1.36 bits per heavy atom. The molecule has 1 spiro atoms. The molecule has 2 unspecified atom stereocenters. The number of ether oxygens (including phenoxy) is 1. The summed E-state index contributed by atoms with van der Waals surface area (Å²) >= 11 is 3.33. The third-order valence-corrected chi connectivity index (χ3v) is 7.60. The summed E-state index contributed by atoms with van der Waals surface area (Å²) in [4.78, 5) is 12.3. The van der Waals surface area contributed by atoms with E-state index in [4.69, 9.17) is 4.74 Å². The zero-order valence-electron chi connectivity index (χ0n) is 14.6. The molecule has 1 saturated carbocycles. The van der Waals surface area contributed by atoms with E-state index in [0.717, 1.165) is 12.8 Å². The first-order chi connectivity index (χ1) is 11.6. The van der Waals surface area contributed by atoms with Crippen LogP contribution in [0, 0.1) is 0 Å². The maximum atomic E-state index is 13.1. The van der Waals surface area contributed by atoms with Gasteiger partial charge in [-0.2, -0.15) is 4.31 Å². The number of alkyl carbamates (subject to hydrolysis) is 1. The predicted octanol–water partition coefficient (Wildman–Crippen LogP) is 3.27. The highest BCUT2D eigenvalue weighted by Gasteiger charge is 2.64. The molecule has 1 N–H and O–H groups in total. The second kappa shape index (κ2) is 6.25. The summed E-state index contributed by atoms with van der Waals surface area (Å²) < 4.78 is 33.6. The van der Waals surface area contributed by atoms with E-state index in [0.29, 0.717) is 17.4 Å². The van der Waals surface area contributed by atoms with Crippen molar-refractivity contribution in [2.75, 3.05) is 6.54 Å². The molecule has 1 amide bonds. The highest BCUT2D eigenvalue weighted by molar-refractivity contribution is 9.10. The second-order valence-electron chi connectivity index (χ2n) is 7.62. The number of carbonyl (C=O) groups is 1. The molecule has 2 atom stereocenters. The Hall–Kier alpha value is -1.12. The molecule has 8 heteroatoms. The van der Waals surface area contributed by atoms with E-state index in [2.05, 4.69) is 21.2 Å². The topological polar surface area (TPSA) is 75.7 Å². The van der Waals surface area contributed by atoms with Crippen LogP contribution in [0.3, 0.4) is 0 Å². The maximum absolute atomic E-state index is 13.1. The zero-order chi connectivity index (χ0) is 18.5. The number of hydrogen-bond donors (Lipinski definition) is 1. The SMILES string of the molecule is CC(C)(C)OC(=O)NC1CC12CCCN2S(=O)(=O)c1ccccc1Br. The average molecular weight is 431 g/mol. The third-order valence-electron chi connectivity index (χ3n) is 4.61. The molecule has 1 aliphatic carbocycles. The second-order valence-corrected chi connectivity index (χ2v) is 10.3. The minimum atomic E-state index is -3.62. The van der Waals surface area contributed by atoms with Gasteiger partial charge in [-0.15, -0.1) is 0 Å². The largest absolute Gasteiger partial charge is 0.444 e. The number of hydrogen-bond acceptors (Lipinski definition) is 4. The summed E-state index contributed by atoms with van der Waals surface area (Å²) in [7, 11) is -3.62. The fourth-order valence-electron chi connectivity index (χ4n) is 3.49. The van der Waals surface area contributed by atoms with Crippen LogP contribution in [0.25, 0.3) is 0 Å². The summed E-state index contributed by atoms with van der Waals surface area (Å²) in [5.74, 6) is 0. The Bertz CT molecular complexity index is 790. The van der Waals surface area contributed by atoms with Gasteiger partial charge in [0.1, 0.15) is 5.60 Å². The summed E-state index contributed by atoms with van der Waals surface area (Å²) in [6, 6.07) is 6.61. The molecule has 0 radical (unpaired) electrons. The molecule has 25 heavy (non-hydrogen) atoms. The van der Waals surface area contributed by atoms with Gasteiger partial charge < -0.3 is 10.1 Å². The monoisotopic (exact) mass is 430 g/mol. The van der Waals surface area contributed by atoms with E-state index in [-0.39, 0.29) is 10.9 Å². The lowest BCUT2D eigenvalue weighted by molar-refractivity contribution is 0.0515. The predicted molar refractivity (Wildman–Crippen MR) is 97.8 cm³/mol. The molecule has 0 aromatic heterocycles. The van der Waals surface area contributed by atoms with Crippen LogP contribution in [0.5, 0.6) is 0 Å². The van der Waals surface area contributed by atoms with Gasteiger partial charge in [0.05, 0.1) is 16.5 Å². The molecular weight excluding hydrogens is 408 g/mol. The smallest absolute Gasteiger partial charge is 0.407 e. The van der Waals surface area contributed by atoms with E-state index in [9.17, 15) is 13.2 Å². The first kappa shape index (κ1) is 18.7. The fraction of sp³-hybridized carbons (Fsp3) is 0.588. The van der Waals surface area contributed by atoms with Gasteiger partial charge in [-0.05, 0) is 68.1 Å². The Morgan fingerprint density at radius 2 is 2.04 bits per heavy atom. The van der Waals surface area contributed by atoms with Gasteiger partial charge in [0.15, 0.2) is 0 Å². The van der Waals surface area contributed by atoms with Gasteiger partial charge in [-0.1, -0.05) is 12.1 Å². The van der Waals surface area contributed by atoms with Gasteiger partial charge in [0.25, 0.3) is 0 Å². The van der Waals surface area contributed by atoms with Crippen molar-refractivity contribution >= 4 is 32.0 Å². The summed E-state index contributed by atoms with van der Waals surface area (Å²) in [6.45, 7) is 5.87. The average Bonchev–Trinajstić information content (AvgIpc) is 2.94. The van der Waals surface area contributed by atoms with Crippen LogP contribution in [0.2, 0.25) is 0 Å². The van der Waals surface area contributed by atoms with Crippen LogP contribution in [-0.4, -0.2) is 42.5 Å².